The minimum atomic E-state index is -3.83. The molecule has 0 amide bonds. The van der Waals surface area contributed by atoms with Crippen LogP contribution in [0.5, 0.6) is 0 Å². The molecule has 0 aromatic heterocycles. The van der Waals surface area contributed by atoms with Crippen molar-refractivity contribution in [3.8, 4) is 0 Å². The zero-order chi connectivity index (χ0) is 18.4. The summed E-state index contributed by atoms with van der Waals surface area (Å²) in [5, 5.41) is 0. The first-order chi connectivity index (χ1) is 11.0. The molecule has 0 bridgehead atoms. The number of rotatable bonds is 8. The Morgan fingerprint density at radius 2 is 1.67 bits per heavy atom. The fourth-order valence-corrected chi connectivity index (χ4v) is 3.21. The van der Waals surface area contributed by atoms with Crippen molar-refractivity contribution in [3.05, 3.63) is 41.5 Å². The number of hydrogen-bond donors (Lipinski definition) is 1. The van der Waals surface area contributed by atoms with E-state index in [-0.39, 0.29) is 11.2 Å². The summed E-state index contributed by atoms with van der Waals surface area (Å²) in [5.41, 5.74) is 2.67. The van der Waals surface area contributed by atoms with Crippen LogP contribution in [0.1, 0.15) is 65.0 Å². The third-order valence-electron chi connectivity index (χ3n) is 4.36. The maximum Gasteiger partial charge on any atom is 0.264 e. The molecule has 4 heteroatoms. The molecule has 1 aromatic rings. The molecule has 0 saturated carbocycles. The van der Waals surface area contributed by atoms with Gasteiger partial charge in [0.15, 0.2) is 0 Å². The van der Waals surface area contributed by atoms with Crippen LogP contribution in [0.15, 0.2) is 30.3 Å². The molecule has 24 heavy (non-hydrogen) atoms. The van der Waals surface area contributed by atoms with Crippen LogP contribution in [0.4, 0.5) is 0 Å². The molecule has 0 fully saturated rings. The molecule has 0 aliphatic heterocycles. The highest BCUT2D eigenvalue weighted by Crippen LogP contribution is 2.24. The molecule has 1 atom stereocenters. The standard InChI is InChI=1S/C20H32O3S/c1-16(2)18(8-6-7-15-24(21,22)23)12-9-17-10-13-19(14-11-17)20(3,4)5/h9-14,16,18H,6-8,15H2,1-5H3,(H,21,22,23). The van der Waals surface area contributed by atoms with Crippen molar-refractivity contribution in [3.63, 3.8) is 0 Å². The van der Waals surface area contributed by atoms with Crippen molar-refractivity contribution in [2.24, 2.45) is 11.8 Å². The van der Waals surface area contributed by atoms with E-state index in [0.717, 1.165) is 12.8 Å². The lowest BCUT2D eigenvalue weighted by Crippen LogP contribution is -2.10. The summed E-state index contributed by atoms with van der Waals surface area (Å²) in [6.45, 7) is 11.0. The van der Waals surface area contributed by atoms with Gasteiger partial charge in [-0.15, -0.1) is 0 Å². The summed E-state index contributed by atoms with van der Waals surface area (Å²) in [6.07, 6.45) is 6.62. The Balaban J connectivity index is 2.62. The Labute approximate surface area is 147 Å². The Morgan fingerprint density at radius 3 is 2.12 bits per heavy atom. The van der Waals surface area contributed by atoms with Gasteiger partial charge < -0.3 is 0 Å². The quantitative estimate of drug-likeness (QED) is 0.508. The molecule has 1 N–H and O–H groups in total. The van der Waals surface area contributed by atoms with E-state index in [9.17, 15) is 8.42 Å². The molecule has 1 rings (SSSR count). The highest BCUT2D eigenvalue weighted by molar-refractivity contribution is 7.85. The zero-order valence-corrected chi connectivity index (χ0v) is 16.4. The van der Waals surface area contributed by atoms with Gasteiger partial charge in [-0.1, -0.05) is 77.5 Å². The van der Waals surface area contributed by atoms with E-state index in [4.69, 9.17) is 4.55 Å². The molecule has 0 radical (unpaired) electrons. The highest BCUT2D eigenvalue weighted by Gasteiger charge is 2.13. The van der Waals surface area contributed by atoms with E-state index < -0.39 is 10.1 Å². The third-order valence-corrected chi connectivity index (χ3v) is 5.16. The van der Waals surface area contributed by atoms with Gasteiger partial charge in [-0.05, 0) is 41.2 Å². The minimum absolute atomic E-state index is 0.143. The smallest absolute Gasteiger partial charge is 0.264 e. The van der Waals surface area contributed by atoms with E-state index in [2.05, 4.69) is 71.0 Å². The van der Waals surface area contributed by atoms with Crippen molar-refractivity contribution in [2.75, 3.05) is 5.75 Å². The zero-order valence-electron chi connectivity index (χ0n) is 15.6. The van der Waals surface area contributed by atoms with Crippen molar-refractivity contribution in [1.82, 2.24) is 0 Å². The van der Waals surface area contributed by atoms with Gasteiger partial charge in [-0.25, -0.2) is 0 Å². The highest BCUT2D eigenvalue weighted by atomic mass is 32.2. The largest absolute Gasteiger partial charge is 0.286 e. The fraction of sp³-hybridized carbons (Fsp3) is 0.600. The van der Waals surface area contributed by atoms with Crippen molar-refractivity contribution < 1.29 is 13.0 Å². The lowest BCUT2D eigenvalue weighted by Gasteiger charge is -2.19. The van der Waals surface area contributed by atoms with Crippen LogP contribution >= 0.6 is 0 Å². The maximum absolute atomic E-state index is 10.8. The molecule has 0 spiro atoms. The second-order valence-corrected chi connectivity index (χ2v) is 9.49. The average Bonchev–Trinajstić information content (AvgIpc) is 2.44. The van der Waals surface area contributed by atoms with Gasteiger partial charge in [0.25, 0.3) is 10.1 Å². The van der Waals surface area contributed by atoms with Gasteiger partial charge in [0.2, 0.25) is 0 Å². The molecule has 136 valence electrons. The Morgan fingerprint density at radius 1 is 1.08 bits per heavy atom. The molecule has 1 aromatic carbocycles. The van der Waals surface area contributed by atoms with Gasteiger partial charge in [0.05, 0.1) is 5.75 Å². The van der Waals surface area contributed by atoms with Crippen molar-refractivity contribution in [1.29, 1.82) is 0 Å². The second-order valence-electron chi connectivity index (χ2n) is 7.92. The molecule has 0 heterocycles. The van der Waals surface area contributed by atoms with E-state index >= 15 is 0 Å². The van der Waals surface area contributed by atoms with E-state index in [1.807, 2.05) is 0 Å². The molecule has 0 saturated heterocycles. The Hall–Kier alpha value is -1.13. The molecular weight excluding hydrogens is 320 g/mol. The molecule has 1 unspecified atom stereocenters. The van der Waals surface area contributed by atoms with Gasteiger partial charge in [-0.2, -0.15) is 8.42 Å². The predicted molar refractivity (Wildman–Crippen MR) is 103 cm³/mol. The van der Waals surface area contributed by atoms with Crippen LogP contribution in [-0.2, 0) is 15.5 Å². The number of unbranched alkanes of at least 4 members (excludes halogenated alkanes) is 1. The van der Waals surface area contributed by atoms with Crippen LogP contribution in [0, 0.1) is 11.8 Å². The van der Waals surface area contributed by atoms with Crippen LogP contribution in [-0.4, -0.2) is 18.7 Å². The fourth-order valence-electron chi connectivity index (χ4n) is 2.65. The van der Waals surface area contributed by atoms with Crippen LogP contribution < -0.4 is 0 Å². The summed E-state index contributed by atoms with van der Waals surface area (Å²) < 4.78 is 30.3. The summed E-state index contributed by atoms with van der Waals surface area (Å²) in [5.74, 6) is 0.769. The molecule has 0 aliphatic rings. The topological polar surface area (TPSA) is 54.4 Å². The number of benzene rings is 1. The maximum atomic E-state index is 10.8. The first-order valence-electron chi connectivity index (χ1n) is 8.73. The Bertz CT molecular complexity index is 620. The number of allylic oxidation sites excluding steroid dienone is 1. The molecular formula is C20H32O3S. The van der Waals surface area contributed by atoms with Gasteiger partial charge in [0.1, 0.15) is 0 Å². The van der Waals surface area contributed by atoms with Crippen LogP contribution in [0.3, 0.4) is 0 Å². The minimum Gasteiger partial charge on any atom is -0.286 e. The van der Waals surface area contributed by atoms with Crippen molar-refractivity contribution in [2.45, 2.75) is 59.3 Å². The van der Waals surface area contributed by atoms with Crippen LogP contribution in [0.2, 0.25) is 0 Å². The average molecular weight is 353 g/mol. The summed E-state index contributed by atoms with van der Waals surface area (Å²) >= 11 is 0. The summed E-state index contributed by atoms with van der Waals surface area (Å²) in [7, 11) is -3.83. The SMILES string of the molecule is CC(C)C(C=Cc1ccc(C(C)(C)C)cc1)CCCCS(=O)(=O)O. The lowest BCUT2D eigenvalue weighted by atomic mass is 9.86. The molecule has 0 aliphatic carbocycles. The van der Waals surface area contributed by atoms with Crippen molar-refractivity contribution >= 4 is 16.2 Å². The second kappa shape index (κ2) is 8.82. The third kappa shape index (κ3) is 8.11. The van der Waals surface area contributed by atoms with E-state index in [1.165, 1.54) is 11.1 Å². The van der Waals surface area contributed by atoms with E-state index in [0.29, 0.717) is 18.3 Å². The van der Waals surface area contributed by atoms with Gasteiger partial charge >= 0.3 is 0 Å². The van der Waals surface area contributed by atoms with Gasteiger partial charge in [-0.3, -0.25) is 4.55 Å². The lowest BCUT2D eigenvalue weighted by molar-refractivity contribution is 0.421. The first-order valence-corrected chi connectivity index (χ1v) is 10.3. The summed E-state index contributed by atoms with van der Waals surface area (Å²) in [6, 6.07) is 8.64. The van der Waals surface area contributed by atoms with Gasteiger partial charge in [0, 0.05) is 0 Å². The predicted octanol–water partition coefficient (Wildman–Crippen LogP) is 5.33. The van der Waals surface area contributed by atoms with Crippen LogP contribution in [0.25, 0.3) is 6.08 Å². The van der Waals surface area contributed by atoms with E-state index in [1.54, 1.807) is 0 Å². The number of hydrogen-bond acceptors (Lipinski definition) is 2. The first kappa shape index (κ1) is 20.9. The molecule has 3 nitrogen and oxygen atoms in total. The monoisotopic (exact) mass is 352 g/mol. The normalized spacial score (nSPS) is 14.5. The Kier molecular flexibility index (Phi) is 7.68. The summed E-state index contributed by atoms with van der Waals surface area (Å²) in [4.78, 5) is 0.